The van der Waals surface area contributed by atoms with Gasteiger partial charge in [0.1, 0.15) is 0 Å². The predicted octanol–water partition coefficient (Wildman–Crippen LogP) is 2.64. The van der Waals surface area contributed by atoms with Crippen LogP contribution in [0.5, 0.6) is 0 Å². The van der Waals surface area contributed by atoms with Crippen LogP contribution in [0, 0.1) is 13.8 Å². The third kappa shape index (κ3) is 2.30. The Balaban J connectivity index is 2.18. The maximum absolute atomic E-state index is 11.9. The molecule has 0 fully saturated rings. The van der Waals surface area contributed by atoms with E-state index in [0.717, 1.165) is 20.5 Å². The van der Waals surface area contributed by atoms with Gasteiger partial charge >= 0.3 is 0 Å². The molecule has 15 heavy (non-hydrogen) atoms. The minimum absolute atomic E-state index is 0.141. The first-order valence-electron chi connectivity index (χ1n) is 4.51. The molecule has 0 aliphatic heterocycles. The molecule has 0 radical (unpaired) electrons. The highest BCUT2D eigenvalue weighted by molar-refractivity contribution is 7.14. The van der Waals surface area contributed by atoms with Crippen molar-refractivity contribution >= 4 is 28.5 Å². The van der Waals surface area contributed by atoms with Crippen LogP contribution >= 0.6 is 22.7 Å². The van der Waals surface area contributed by atoms with E-state index in [2.05, 4.69) is 9.97 Å². The smallest absolute Gasteiger partial charge is 0.179 e. The predicted molar refractivity (Wildman–Crippen MR) is 61.7 cm³/mol. The summed E-state index contributed by atoms with van der Waals surface area (Å²) in [5.74, 6) is 0.141. The lowest BCUT2D eigenvalue weighted by Gasteiger charge is -1.94. The zero-order valence-corrected chi connectivity index (χ0v) is 10.1. The number of carbonyl (C=O) groups is 1. The molecular formula is C10H10N2OS2. The Labute approximate surface area is 95.8 Å². The van der Waals surface area contributed by atoms with E-state index in [9.17, 15) is 4.79 Å². The molecule has 5 heteroatoms. The molecule has 0 bridgehead atoms. The Morgan fingerprint density at radius 2 is 2.27 bits per heavy atom. The number of nitrogens with zero attached hydrogens (tertiary/aromatic N) is 2. The zero-order chi connectivity index (χ0) is 10.8. The third-order valence-electron chi connectivity index (χ3n) is 1.98. The lowest BCUT2D eigenvalue weighted by molar-refractivity contribution is 0.0997. The normalized spacial score (nSPS) is 10.5. The molecule has 0 saturated heterocycles. The van der Waals surface area contributed by atoms with Crippen LogP contribution in [0.1, 0.15) is 25.3 Å². The second-order valence-electron chi connectivity index (χ2n) is 3.22. The van der Waals surface area contributed by atoms with E-state index in [1.807, 2.05) is 13.8 Å². The summed E-state index contributed by atoms with van der Waals surface area (Å²) in [6.45, 7) is 3.80. The van der Waals surface area contributed by atoms with Crippen LogP contribution in [-0.2, 0) is 6.42 Å². The molecule has 0 atom stereocenters. The number of carbonyl (C=O) groups excluding carboxylic acids is 1. The van der Waals surface area contributed by atoms with Crippen molar-refractivity contribution in [3.05, 3.63) is 32.2 Å². The molecule has 0 spiro atoms. The molecular weight excluding hydrogens is 228 g/mol. The second kappa shape index (κ2) is 4.20. The lowest BCUT2D eigenvalue weighted by Crippen LogP contribution is -2.01. The first-order valence-corrected chi connectivity index (χ1v) is 6.21. The van der Waals surface area contributed by atoms with E-state index < -0.39 is 0 Å². The Morgan fingerprint density at radius 3 is 2.80 bits per heavy atom. The van der Waals surface area contributed by atoms with E-state index >= 15 is 0 Å². The summed E-state index contributed by atoms with van der Waals surface area (Å²) in [6, 6.07) is 0. The topological polar surface area (TPSA) is 42.9 Å². The lowest BCUT2D eigenvalue weighted by atomic mass is 10.2. The summed E-state index contributed by atoms with van der Waals surface area (Å²) in [6.07, 6.45) is 2.18. The Kier molecular flexibility index (Phi) is 2.93. The number of rotatable bonds is 3. The zero-order valence-electron chi connectivity index (χ0n) is 8.48. The van der Waals surface area contributed by atoms with Gasteiger partial charge in [0.15, 0.2) is 5.78 Å². The van der Waals surface area contributed by atoms with Crippen LogP contribution in [0.3, 0.4) is 0 Å². The van der Waals surface area contributed by atoms with Gasteiger partial charge in [0.25, 0.3) is 0 Å². The SMILES string of the molecule is Cc1nc(C)c(C(=O)Cc2cncs2)s1. The van der Waals surface area contributed by atoms with Crippen LogP contribution in [0.4, 0.5) is 0 Å². The third-order valence-corrected chi connectivity index (χ3v) is 3.87. The summed E-state index contributed by atoms with van der Waals surface area (Å²) in [5, 5.41) is 0.945. The van der Waals surface area contributed by atoms with Gasteiger partial charge in [-0.05, 0) is 13.8 Å². The second-order valence-corrected chi connectivity index (χ2v) is 5.39. The van der Waals surface area contributed by atoms with Crippen LogP contribution in [0.2, 0.25) is 0 Å². The number of hydrogen-bond donors (Lipinski definition) is 0. The fourth-order valence-electron chi connectivity index (χ4n) is 1.36. The molecule has 3 nitrogen and oxygen atoms in total. The van der Waals surface area contributed by atoms with Crippen molar-refractivity contribution in [1.29, 1.82) is 0 Å². The molecule has 0 N–H and O–H groups in total. The number of Topliss-reactive ketones (excluding diaryl/α,β-unsaturated/α-hetero) is 1. The van der Waals surface area contributed by atoms with E-state index in [4.69, 9.17) is 0 Å². The molecule has 0 aromatic carbocycles. The van der Waals surface area contributed by atoms with Crippen molar-refractivity contribution in [2.45, 2.75) is 20.3 Å². The number of aromatic nitrogens is 2. The molecule has 0 unspecified atom stereocenters. The van der Waals surface area contributed by atoms with E-state index in [0.29, 0.717) is 6.42 Å². The highest BCUT2D eigenvalue weighted by Gasteiger charge is 2.14. The Hall–Kier alpha value is -1.07. The van der Waals surface area contributed by atoms with Gasteiger partial charge in [0.05, 0.1) is 21.1 Å². The highest BCUT2D eigenvalue weighted by atomic mass is 32.1. The molecule has 2 aromatic heterocycles. The fourth-order valence-corrected chi connectivity index (χ4v) is 2.81. The number of ketones is 1. The quantitative estimate of drug-likeness (QED) is 0.772. The molecule has 0 amide bonds. The van der Waals surface area contributed by atoms with Gasteiger partial charge in [0.2, 0.25) is 0 Å². The van der Waals surface area contributed by atoms with Gasteiger partial charge in [0, 0.05) is 17.5 Å². The Morgan fingerprint density at radius 1 is 1.47 bits per heavy atom. The molecule has 0 aliphatic carbocycles. The standard InChI is InChI=1S/C10H10N2OS2/c1-6-10(15-7(2)12-6)9(13)3-8-4-11-5-14-8/h4-5H,3H2,1-2H3. The average molecular weight is 238 g/mol. The van der Waals surface area contributed by atoms with Crippen molar-refractivity contribution in [2.75, 3.05) is 0 Å². The molecule has 0 saturated carbocycles. The molecule has 2 aromatic rings. The number of aryl methyl sites for hydroxylation is 2. The van der Waals surface area contributed by atoms with Crippen molar-refractivity contribution in [2.24, 2.45) is 0 Å². The van der Waals surface area contributed by atoms with Crippen molar-refractivity contribution in [3.63, 3.8) is 0 Å². The fraction of sp³-hybridized carbons (Fsp3) is 0.300. The maximum atomic E-state index is 11.9. The maximum Gasteiger partial charge on any atom is 0.179 e. The van der Waals surface area contributed by atoms with E-state index in [1.165, 1.54) is 22.7 Å². The van der Waals surface area contributed by atoms with Crippen LogP contribution in [0.15, 0.2) is 11.7 Å². The first-order chi connectivity index (χ1) is 7.16. The van der Waals surface area contributed by atoms with Gasteiger partial charge in [-0.25, -0.2) is 4.98 Å². The minimum Gasteiger partial charge on any atom is -0.293 e. The number of hydrogen-bond acceptors (Lipinski definition) is 5. The number of thiazole rings is 2. The average Bonchev–Trinajstić information content (AvgIpc) is 2.75. The van der Waals surface area contributed by atoms with Gasteiger partial charge in [-0.1, -0.05) is 0 Å². The highest BCUT2D eigenvalue weighted by Crippen LogP contribution is 2.20. The van der Waals surface area contributed by atoms with E-state index in [1.54, 1.807) is 11.7 Å². The summed E-state index contributed by atoms with van der Waals surface area (Å²) >= 11 is 2.98. The van der Waals surface area contributed by atoms with Gasteiger partial charge in [-0.3, -0.25) is 9.78 Å². The van der Waals surface area contributed by atoms with Crippen LogP contribution < -0.4 is 0 Å². The first kappa shape index (κ1) is 10.4. The van der Waals surface area contributed by atoms with Gasteiger partial charge in [-0.2, -0.15) is 0 Å². The molecule has 78 valence electrons. The van der Waals surface area contributed by atoms with Gasteiger partial charge < -0.3 is 0 Å². The summed E-state index contributed by atoms with van der Waals surface area (Å²) in [7, 11) is 0. The van der Waals surface area contributed by atoms with Crippen molar-refractivity contribution < 1.29 is 4.79 Å². The Bertz CT molecular complexity index is 474. The van der Waals surface area contributed by atoms with Crippen molar-refractivity contribution in [3.8, 4) is 0 Å². The monoisotopic (exact) mass is 238 g/mol. The summed E-state index contributed by atoms with van der Waals surface area (Å²) < 4.78 is 0. The molecule has 0 aliphatic rings. The largest absolute Gasteiger partial charge is 0.293 e. The van der Waals surface area contributed by atoms with Crippen LogP contribution in [0.25, 0.3) is 0 Å². The molecule has 2 heterocycles. The molecule has 2 rings (SSSR count). The summed E-state index contributed by atoms with van der Waals surface area (Å²) in [4.78, 5) is 21.9. The van der Waals surface area contributed by atoms with E-state index in [-0.39, 0.29) is 5.78 Å². The van der Waals surface area contributed by atoms with Crippen LogP contribution in [-0.4, -0.2) is 15.8 Å². The van der Waals surface area contributed by atoms with Crippen molar-refractivity contribution in [1.82, 2.24) is 9.97 Å². The minimum atomic E-state index is 0.141. The van der Waals surface area contributed by atoms with Gasteiger partial charge in [-0.15, -0.1) is 22.7 Å². The summed E-state index contributed by atoms with van der Waals surface area (Å²) in [5.41, 5.74) is 2.58.